The molecule has 0 saturated heterocycles. The van der Waals surface area contributed by atoms with E-state index < -0.39 is 22.5 Å². The van der Waals surface area contributed by atoms with Gasteiger partial charge < -0.3 is 9.84 Å². The Morgan fingerprint density at radius 3 is 2.36 bits per heavy atom. The number of carbonyl (C=O) groups is 1. The quantitative estimate of drug-likeness (QED) is 0.853. The molecule has 0 heterocycles. The minimum absolute atomic E-state index is 0.0213. The molecule has 0 radical (unpaired) electrons. The van der Waals surface area contributed by atoms with Gasteiger partial charge in [-0.2, -0.15) is 0 Å². The minimum atomic E-state index is -4.04. The maximum Gasteiger partial charge on any atom is 0.324 e. The second kappa shape index (κ2) is 7.14. The van der Waals surface area contributed by atoms with E-state index in [1.54, 1.807) is 32.0 Å². The lowest BCUT2D eigenvalue weighted by Gasteiger charge is -2.25. The zero-order chi connectivity index (χ0) is 18.8. The van der Waals surface area contributed by atoms with E-state index in [0.29, 0.717) is 17.0 Å². The average Bonchev–Trinajstić information content (AvgIpc) is 2.55. The summed E-state index contributed by atoms with van der Waals surface area (Å²) in [5.74, 6) is -0.662. The van der Waals surface area contributed by atoms with Crippen LogP contribution in [0.15, 0.2) is 41.3 Å². The highest BCUT2D eigenvalue weighted by molar-refractivity contribution is 7.92. The summed E-state index contributed by atoms with van der Waals surface area (Å²) in [5, 5.41) is 9.23. The summed E-state index contributed by atoms with van der Waals surface area (Å²) in [6, 6.07) is 9.63. The molecule has 25 heavy (non-hydrogen) atoms. The molecule has 1 N–H and O–H groups in total. The van der Waals surface area contributed by atoms with Gasteiger partial charge in [0.1, 0.15) is 12.3 Å². The predicted molar refractivity (Wildman–Crippen MR) is 95.8 cm³/mol. The zero-order valence-corrected chi connectivity index (χ0v) is 15.4. The maximum absolute atomic E-state index is 13.1. The smallest absolute Gasteiger partial charge is 0.324 e. The van der Waals surface area contributed by atoms with Crippen LogP contribution in [-0.4, -0.2) is 33.1 Å². The van der Waals surface area contributed by atoms with Gasteiger partial charge in [0.25, 0.3) is 10.0 Å². The molecule has 0 amide bonds. The zero-order valence-electron chi connectivity index (χ0n) is 14.6. The van der Waals surface area contributed by atoms with Crippen LogP contribution in [0.5, 0.6) is 5.75 Å². The van der Waals surface area contributed by atoms with E-state index in [1.165, 1.54) is 19.2 Å². The van der Waals surface area contributed by atoms with Crippen molar-refractivity contribution >= 4 is 21.7 Å². The van der Waals surface area contributed by atoms with E-state index in [4.69, 9.17) is 4.74 Å². The van der Waals surface area contributed by atoms with Gasteiger partial charge in [-0.05, 0) is 61.7 Å². The number of aryl methyl sites for hydroxylation is 2. The second-order valence-corrected chi connectivity index (χ2v) is 7.62. The van der Waals surface area contributed by atoms with E-state index in [-0.39, 0.29) is 4.90 Å². The Bertz CT molecular complexity index is 906. The first-order chi connectivity index (χ1) is 11.7. The van der Waals surface area contributed by atoms with Gasteiger partial charge in [-0.25, -0.2) is 8.42 Å². The lowest BCUT2D eigenvalue weighted by atomic mass is 10.1. The van der Waals surface area contributed by atoms with Gasteiger partial charge in [0, 0.05) is 0 Å². The lowest BCUT2D eigenvalue weighted by Crippen LogP contribution is -2.36. The molecular formula is C18H21NO5S. The Balaban J connectivity index is 2.62. The highest BCUT2D eigenvalue weighted by Gasteiger charge is 2.28. The lowest BCUT2D eigenvalue weighted by molar-refractivity contribution is -0.135. The van der Waals surface area contributed by atoms with Crippen LogP contribution >= 0.6 is 0 Å². The Morgan fingerprint density at radius 1 is 1.12 bits per heavy atom. The number of hydrogen-bond acceptors (Lipinski definition) is 4. The van der Waals surface area contributed by atoms with Crippen molar-refractivity contribution in [2.45, 2.75) is 25.7 Å². The largest absolute Gasteiger partial charge is 0.496 e. The third-order valence-corrected chi connectivity index (χ3v) is 5.83. The van der Waals surface area contributed by atoms with Gasteiger partial charge in [0.15, 0.2) is 0 Å². The standard InChI is InChI=1S/C18H21NO5S/c1-12-6-5-7-16(14(12)3)19(11-18(20)21)25(22,23)15-8-9-17(24-4)13(2)10-15/h5-10H,11H2,1-4H3,(H,20,21). The molecule has 6 nitrogen and oxygen atoms in total. The van der Waals surface area contributed by atoms with Crippen molar-refractivity contribution in [2.75, 3.05) is 18.0 Å². The first-order valence-corrected chi connectivity index (χ1v) is 9.08. The molecule has 7 heteroatoms. The van der Waals surface area contributed by atoms with Crippen molar-refractivity contribution < 1.29 is 23.1 Å². The summed E-state index contributed by atoms with van der Waals surface area (Å²) in [6.45, 7) is 4.70. The van der Waals surface area contributed by atoms with Crippen LogP contribution in [0.2, 0.25) is 0 Å². The molecule has 0 aliphatic heterocycles. The van der Waals surface area contributed by atoms with E-state index in [9.17, 15) is 18.3 Å². The fourth-order valence-corrected chi connectivity index (χ4v) is 4.12. The number of nitrogens with zero attached hydrogens (tertiary/aromatic N) is 1. The number of aliphatic carboxylic acids is 1. The summed E-state index contributed by atoms with van der Waals surface area (Å²) in [7, 11) is -2.54. The number of ether oxygens (including phenoxy) is 1. The minimum Gasteiger partial charge on any atom is -0.496 e. The normalized spacial score (nSPS) is 11.2. The second-order valence-electron chi connectivity index (χ2n) is 5.76. The van der Waals surface area contributed by atoms with Crippen LogP contribution in [0.1, 0.15) is 16.7 Å². The molecule has 2 rings (SSSR count). The van der Waals surface area contributed by atoms with Crippen molar-refractivity contribution in [3.8, 4) is 5.75 Å². The van der Waals surface area contributed by atoms with E-state index >= 15 is 0 Å². The number of rotatable bonds is 6. The third kappa shape index (κ3) is 3.76. The summed E-state index contributed by atoms with van der Waals surface area (Å²) in [6.07, 6.45) is 0. The van der Waals surface area contributed by atoms with E-state index in [2.05, 4.69) is 0 Å². The highest BCUT2D eigenvalue weighted by Crippen LogP contribution is 2.30. The third-order valence-electron chi connectivity index (χ3n) is 4.08. The SMILES string of the molecule is COc1ccc(S(=O)(=O)N(CC(=O)O)c2cccc(C)c2C)cc1C. The summed E-state index contributed by atoms with van der Waals surface area (Å²) in [4.78, 5) is 11.3. The van der Waals surface area contributed by atoms with Crippen molar-refractivity contribution in [3.63, 3.8) is 0 Å². The molecule has 0 fully saturated rings. The van der Waals surface area contributed by atoms with Crippen LogP contribution in [0.25, 0.3) is 0 Å². The Hall–Kier alpha value is -2.54. The molecule has 0 saturated carbocycles. The van der Waals surface area contributed by atoms with Crippen molar-refractivity contribution in [1.29, 1.82) is 0 Å². The first-order valence-electron chi connectivity index (χ1n) is 7.64. The molecule has 2 aromatic rings. The van der Waals surface area contributed by atoms with Gasteiger partial charge >= 0.3 is 5.97 Å². The number of carboxylic acid groups (broad SMARTS) is 1. The Morgan fingerprint density at radius 2 is 1.80 bits per heavy atom. The van der Waals surface area contributed by atoms with Crippen LogP contribution in [0.4, 0.5) is 5.69 Å². The van der Waals surface area contributed by atoms with Gasteiger partial charge in [0.2, 0.25) is 0 Å². The Kier molecular flexibility index (Phi) is 5.37. The molecule has 134 valence electrons. The number of methoxy groups -OCH3 is 1. The number of carboxylic acids is 1. The van der Waals surface area contributed by atoms with E-state index in [1.807, 2.05) is 13.0 Å². The summed E-state index contributed by atoms with van der Waals surface area (Å²) >= 11 is 0. The fraction of sp³-hybridized carbons (Fsp3) is 0.278. The van der Waals surface area contributed by atoms with Crippen molar-refractivity contribution in [2.24, 2.45) is 0 Å². The number of anilines is 1. The van der Waals surface area contributed by atoms with Crippen LogP contribution in [0, 0.1) is 20.8 Å². The van der Waals surface area contributed by atoms with Crippen LogP contribution in [-0.2, 0) is 14.8 Å². The highest BCUT2D eigenvalue weighted by atomic mass is 32.2. The molecule has 0 aliphatic rings. The van der Waals surface area contributed by atoms with Gasteiger partial charge in [-0.3, -0.25) is 9.10 Å². The number of hydrogen-bond donors (Lipinski definition) is 1. The molecule has 0 atom stereocenters. The molecule has 0 aliphatic carbocycles. The van der Waals surface area contributed by atoms with Crippen LogP contribution < -0.4 is 9.04 Å². The fourth-order valence-electron chi connectivity index (χ4n) is 2.57. The molecule has 2 aromatic carbocycles. The van der Waals surface area contributed by atoms with Gasteiger partial charge in [0.05, 0.1) is 17.7 Å². The monoisotopic (exact) mass is 363 g/mol. The van der Waals surface area contributed by atoms with Crippen molar-refractivity contribution in [1.82, 2.24) is 0 Å². The molecule has 0 spiro atoms. The van der Waals surface area contributed by atoms with Gasteiger partial charge in [-0.15, -0.1) is 0 Å². The molecule has 0 unspecified atom stereocenters. The molecule has 0 aromatic heterocycles. The Labute approximate surface area is 147 Å². The number of benzene rings is 2. The van der Waals surface area contributed by atoms with Crippen molar-refractivity contribution in [3.05, 3.63) is 53.1 Å². The molecular weight excluding hydrogens is 342 g/mol. The number of sulfonamides is 1. The summed E-state index contributed by atoms with van der Waals surface area (Å²) in [5.41, 5.74) is 2.61. The van der Waals surface area contributed by atoms with E-state index in [0.717, 1.165) is 15.4 Å². The molecule has 0 bridgehead atoms. The topological polar surface area (TPSA) is 83.9 Å². The predicted octanol–water partition coefficient (Wildman–Crippen LogP) is 2.90. The maximum atomic E-state index is 13.1. The average molecular weight is 363 g/mol. The van der Waals surface area contributed by atoms with Crippen LogP contribution in [0.3, 0.4) is 0 Å². The van der Waals surface area contributed by atoms with Gasteiger partial charge in [-0.1, -0.05) is 12.1 Å². The summed E-state index contributed by atoms with van der Waals surface area (Å²) < 4.78 is 32.3. The first kappa shape index (κ1) is 18.8.